The maximum Gasteiger partial charge on any atom is 0.415 e. The first-order valence-corrected chi connectivity index (χ1v) is 9.03. The average Bonchev–Trinajstić information content (AvgIpc) is 3.23. The molecule has 9 heteroatoms. The van der Waals surface area contributed by atoms with Crippen LogP contribution < -0.4 is 10.5 Å². The fraction of sp³-hybridized carbons (Fsp3) is 0.375. The number of nitrogens with two attached hydrogens (primary N) is 1. The lowest BCUT2D eigenvalue weighted by Crippen LogP contribution is -2.34. The number of hydrogen-bond acceptors (Lipinski definition) is 7. The Bertz CT molecular complexity index is 855. The fourth-order valence-corrected chi connectivity index (χ4v) is 3.03. The molecule has 0 aliphatic heterocycles. The topological polar surface area (TPSA) is 98.6 Å². The van der Waals surface area contributed by atoms with Crippen LogP contribution in [0.5, 0.6) is 5.75 Å². The summed E-state index contributed by atoms with van der Waals surface area (Å²) in [5.74, 6) is 1.18. The normalized spacial score (nSPS) is 11.0. The van der Waals surface area contributed by atoms with Crippen molar-refractivity contribution in [3.63, 3.8) is 0 Å². The molecule has 3 rings (SSSR count). The Morgan fingerprint density at radius 1 is 1.32 bits per heavy atom. The van der Waals surface area contributed by atoms with Crippen molar-refractivity contribution in [2.24, 2.45) is 0 Å². The molecule has 25 heavy (non-hydrogen) atoms. The highest BCUT2D eigenvalue weighted by Crippen LogP contribution is 2.24. The molecule has 3 aromatic rings. The molecule has 0 radical (unpaired) electrons. The molecule has 8 nitrogen and oxygen atoms in total. The molecule has 3 aromatic heterocycles. The van der Waals surface area contributed by atoms with Crippen LogP contribution in [0.1, 0.15) is 26.7 Å². The highest BCUT2D eigenvalue weighted by atomic mass is 32.1. The summed E-state index contributed by atoms with van der Waals surface area (Å²) in [7, 11) is 0. The number of rotatable bonds is 6. The van der Waals surface area contributed by atoms with Crippen LogP contribution in [-0.2, 0) is 0 Å². The molecular formula is C16H20N6O2S. The second-order valence-electron chi connectivity index (χ2n) is 5.51. The van der Waals surface area contributed by atoms with E-state index in [1.807, 2.05) is 19.2 Å². The van der Waals surface area contributed by atoms with E-state index < -0.39 is 0 Å². The summed E-state index contributed by atoms with van der Waals surface area (Å²) in [6.07, 6.45) is 3.06. The molecule has 0 unspecified atom stereocenters. The lowest BCUT2D eigenvalue weighted by molar-refractivity contribution is 0.152. The first-order valence-electron chi connectivity index (χ1n) is 8.15. The van der Waals surface area contributed by atoms with E-state index in [1.54, 1.807) is 23.2 Å². The lowest BCUT2D eigenvalue weighted by atomic mass is 10.4. The molecule has 0 fully saturated rings. The Kier molecular flexibility index (Phi) is 5.13. The number of ether oxygens (including phenoxy) is 1. The molecule has 0 aliphatic carbocycles. The summed E-state index contributed by atoms with van der Waals surface area (Å²) in [5, 5.41) is 6.91. The third kappa shape index (κ3) is 3.71. The third-order valence-electron chi connectivity index (χ3n) is 3.51. The van der Waals surface area contributed by atoms with Gasteiger partial charge in [-0.05, 0) is 12.8 Å². The van der Waals surface area contributed by atoms with Gasteiger partial charge in [-0.15, -0.1) is 16.4 Å². The zero-order valence-corrected chi connectivity index (χ0v) is 15.0. The molecule has 0 saturated heterocycles. The standard InChI is InChI=1S/C16H20N6O2S/c1-3-6-21(7-4-2)16(23)24-11-9-12(17)22-13(10-11)19-14(20-22)15-18-5-8-25-15/h5,8-10H,3-4,6-7,17H2,1-2H3. The van der Waals surface area contributed by atoms with Gasteiger partial charge in [-0.2, -0.15) is 4.52 Å². The molecule has 0 atom stereocenters. The smallest absolute Gasteiger partial charge is 0.410 e. The number of carbonyl (C=O) groups excluding carboxylic acids is 1. The van der Waals surface area contributed by atoms with Crippen LogP contribution in [0.4, 0.5) is 10.6 Å². The number of hydrogen-bond donors (Lipinski definition) is 1. The number of thiazole rings is 1. The summed E-state index contributed by atoms with van der Waals surface area (Å²) in [6, 6.07) is 3.22. The van der Waals surface area contributed by atoms with Gasteiger partial charge in [-0.25, -0.2) is 14.8 Å². The highest BCUT2D eigenvalue weighted by molar-refractivity contribution is 7.13. The first-order chi connectivity index (χ1) is 12.1. The lowest BCUT2D eigenvalue weighted by Gasteiger charge is -2.20. The van der Waals surface area contributed by atoms with Crippen molar-refractivity contribution >= 4 is 28.9 Å². The van der Waals surface area contributed by atoms with Crippen molar-refractivity contribution in [1.82, 2.24) is 24.5 Å². The van der Waals surface area contributed by atoms with Gasteiger partial charge in [0.05, 0.1) is 0 Å². The Labute approximate surface area is 149 Å². The van der Waals surface area contributed by atoms with Crippen LogP contribution in [0.3, 0.4) is 0 Å². The van der Waals surface area contributed by atoms with E-state index in [0.717, 1.165) is 12.8 Å². The van der Waals surface area contributed by atoms with Gasteiger partial charge < -0.3 is 15.4 Å². The van der Waals surface area contributed by atoms with Crippen molar-refractivity contribution in [2.75, 3.05) is 18.8 Å². The second-order valence-corrected chi connectivity index (χ2v) is 6.41. The van der Waals surface area contributed by atoms with Crippen LogP contribution in [0, 0.1) is 0 Å². The van der Waals surface area contributed by atoms with Gasteiger partial charge in [-0.3, -0.25) is 0 Å². The predicted molar refractivity (Wildman–Crippen MR) is 96.7 cm³/mol. The van der Waals surface area contributed by atoms with E-state index in [0.29, 0.717) is 41.1 Å². The molecule has 0 spiro atoms. The monoisotopic (exact) mass is 360 g/mol. The van der Waals surface area contributed by atoms with E-state index in [4.69, 9.17) is 10.5 Å². The summed E-state index contributed by atoms with van der Waals surface area (Å²) >= 11 is 1.44. The van der Waals surface area contributed by atoms with E-state index >= 15 is 0 Å². The number of amides is 1. The number of pyridine rings is 1. The van der Waals surface area contributed by atoms with Crippen molar-refractivity contribution < 1.29 is 9.53 Å². The minimum atomic E-state index is -0.382. The van der Waals surface area contributed by atoms with Crippen LogP contribution in [0.15, 0.2) is 23.7 Å². The van der Waals surface area contributed by atoms with Crippen molar-refractivity contribution in [1.29, 1.82) is 0 Å². The molecule has 132 valence electrons. The van der Waals surface area contributed by atoms with Crippen LogP contribution in [0.2, 0.25) is 0 Å². The van der Waals surface area contributed by atoms with Gasteiger partial charge in [0.15, 0.2) is 10.7 Å². The number of carbonyl (C=O) groups is 1. The van der Waals surface area contributed by atoms with Gasteiger partial charge >= 0.3 is 6.09 Å². The number of anilines is 1. The molecule has 0 bridgehead atoms. The van der Waals surface area contributed by atoms with E-state index in [-0.39, 0.29) is 6.09 Å². The Balaban J connectivity index is 1.86. The maximum absolute atomic E-state index is 12.3. The number of aromatic nitrogens is 4. The SMILES string of the molecule is CCCN(CCC)C(=O)Oc1cc(N)n2nc(-c3nccs3)nc2c1. The number of fused-ring (bicyclic) bond motifs is 1. The Hall–Kier alpha value is -2.68. The van der Waals surface area contributed by atoms with Gasteiger partial charge in [0.25, 0.3) is 0 Å². The first kappa shape index (κ1) is 17.2. The third-order valence-corrected chi connectivity index (χ3v) is 4.28. The molecule has 0 aromatic carbocycles. The number of nitrogens with zero attached hydrogens (tertiary/aromatic N) is 5. The summed E-state index contributed by atoms with van der Waals surface area (Å²) in [4.78, 5) is 22.6. The minimum Gasteiger partial charge on any atom is -0.410 e. The molecule has 1 amide bonds. The summed E-state index contributed by atoms with van der Waals surface area (Å²) in [5.41, 5.74) is 6.54. The largest absolute Gasteiger partial charge is 0.415 e. The van der Waals surface area contributed by atoms with Crippen LogP contribution in [-0.4, -0.2) is 43.7 Å². The molecule has 0 saturated carbocycles. The molecule has 3 heterocycles. The number of nitrogen functional groups attached to an aromatic ring is 1. The Morgan fingerprint density at radius 2 is 2.08 bits per heavy atom. The van der Waals surface area contributed by atoms with Crippen molar-refractivity contribution in [3.05, 3.63) is 23.7 Å². The van der Waals surface area contributed by atoms with Crippen molar-refractivity contribution in [2.45, 2.75) is 26.7 Å². The Morgan fingerprint density at radius 3 is 2.72 bits per heavy atom. The summed E-state index contributed by atoms with van der Waals surface area (Å²) < 4.78 is 6.99. The molecular weight excluding hydrogens is 340 g/mol. The van der Waals surface area contributed by atoms with Gasteiger partial charge in [0.2, 0.25) is 5.82 Å². The summed E-state index contributed by atoms with van der Waals surface area (Å²) in [6.45, 7) is 5.36. The zero-order valence-electron chi connectivity index (χ0n) is 14.2. The van der Waals surface area contributed by atoms with Crippen LogP contribution >= 0.6 is 11.3 Å². The van der Waals surface area contributed by atoms with Gasteiger partial charge in [0, 0.05) is 36.8 Å². The van der Waals surface area contributed by atoms with E-state index in [9.17, 15) is 4.79 Å². The van der Waals surface area contributed by atoms with Crippen molar-refractivity contribution in [3.8, 4) is 16.6 Å². The molecule has 0 aliphatic rings. The average molecular weight is 360 g/mol. The fourth-order valence-electron chi connectivity index (χ4n) is 2.47. The molecule has 2 N–H and O–H groups in total. The van der Waals surface area contributed by atoms with E-state index in [1.165, 1.54) is 15.9 Å². The van der Waals surface area contributed by atoms with Crippen LogP contribution in [0.25, 0.3) is 16.5 Å². The van der Waals surface area contributed by atoms with Gasteiger partial charge in [-0.1, -0.05) is 13.8 Å². The van der Waals surface area contributed by atoms with E-state index in [2.05, 4.69) is 15.1 Å². The minimum absolute atomic E-state index is 0.341. The van der Waals surface area contributed by atoms with Gasteiger partial charge in [0.1, 0.15) is 11.6 Å². The maximum atomic E-state index is 12.3. The second kappa shape index (κ2) is 7.47. The zero-order chi connectivity index (χ0) is 17.8. The quantitative estimate of drug-likeness (QED) is 0.725. The highest BCUT2D eigenvalue weighted by Gasteiger charge is 2.17. The predicted octanol–water partition coefficient (Wildman–Crippen LogP) is 3.06.